The van der Waals surface area contributed by atoms with Gasteiger partial charge in [0.2, 0.25) is 0 Å². The summed E-state index contributed by atoms with van der Waals surface area (Å²) < 4.78 is 112. The Morgan fingerprint density at radius 2 is 1.10 bits per heavy atom. The first-order valence-corrected chi connectivity index (χ1v) is 9.07. The molecule has 0 fully saturated rings. The van der Waals surface area contributed by atoms with E-state index in [4.69, 9.17) is 5.11 Å². The Bertz CT molecular complexity index is 854. The van der Waals surface area contributed by atoms with Crippen LogP contribution >= 0.6 is 0 Å². The van der Waals surface area contributed by atoms with Gasteiger partial charge in [-0.3, -0.25) is 4.18 Å². The smallest absolute Gasteiger partial charge is 0.390 e. The van der Waals surface area contributed by atoms with Crippen LogP contribution in [0.2, 0.25) is 0 Å². The molecule has 0 spiro atoms. The van der Waals surface area contributed by atoms with E-state index in [1.165, 1.54) is 42.5 Å². The molecule has 4 nitrogen and oxygen atoms in total. The molecule has 0 saturated heterocycles. The summed E-state index contributed by atoms with van der Waals surface area (Å²) in [4.78, 5) is 0. The number of hydrogen-bond donors (Lipinski definition) is 1. The third-order valence-electron chi connectivity index (χ3n) is 3.27. The number of alkyl halides is 7. The molecule has 0 radical (unpaired) electrons. The summed E-state index contributed by atoms with van der Waals surface area (Å²) in [6.07, 6.45) is 0. The van der Waals surface area contributed by atoms with Crippen molar-refractivity contribution in [2.45, 2.75) is 17.4 Å². The van der Waals surface area contributed by atoms with Crippen molar-refractivity contribution in [2.24, 2.45) is 0 Å². The highest BCUT2D eigenvalue weighted by molar-refractivity contribution is 7.87. The highest BCUT2D eigenvalue weighted by atomic mass is 32.2. The van der Waals surface area contributed by atoms with E-state index in [0.717, 1.165) is 12.1 Å². The van der Waals surface area contributed by atoms with Gasteiger partial charge in [0, 0.05) is 11.1 Å². The van der Waals surface area contributed by atoms with Crippen molar-refractivity contribution in [1.82, 2.24) is 0 Å². The van der Waals surface area contributed by atoms with Crippen LogP contribution in [-0.4, -0.2) is 32.2 Å². The molecule has 0 unspecified atom stereocenters. The molecular weight excluding hydrogens is 433 g/mol. The molecule has 12 heteroatoms. The fourth-order valence-corrected chi connectivity index (χ4v) is 2.19. The Morgan fingerprint density at radius 1 is 0.724 bits per heavy atom. The summed E-state index contributed by atoms with van der Waals surface area (Å²) in [6.45, 7) is -3.05. The van der Waals surface area contributed by atoms with Crippen LogP contribution in [-0.2, 0) is 26.1 Å². The van der Waals surface area contributed by atoms with Crippen molar-refractivity contribution in [3.05, 3.63) is 71.8 Å². The number of benzene rings is 2. The van der Waals surface area contributed by atoms with Crippen molar-refractivity contribution < 1.29 is 48.4 Å². The maximum absolute atomic E-state index is 13.3. The minimum absolute atomic E-state index is 0.150. The standard InChI is InChI=1S/C9H7F5O3S.C8H8F2O/c10-8(11,7-4-2-1-3-5-7)6-17-18(15,16)9(12,13)14;9-8(10,6-11)7-4-2-1-3-5-7/h1-5H,6H2;1-5,11H,6H2. The van der Waals surface area contributed by atoms with E-state index < -0.39 is 46.2 Å². The van der Waals surface area contributed by atoms with Gasteiger partial charge in [0.25, 0.3) is 11.8 Å². The molecule has 162 valence electrons. The van der Waals surface area contributed by atoms with Gasteiger partial charge >= 0.3 is 15.6 Å². The van der Waals surface area contributed by atoms with Crippen molar-refractivity contribution in [3.8, 4) is 0 Å². The molecule has 0 saturated carbocycles. The molecule has 2 rings (SSSR count). The second-order valence-corrected chi connectivity index (χ2v) is 7.07. The van der Waals surface area contributed by atoms with E-state index in [9.17, 15) is 39.2 Å². The Balaban J connectivity index is 0.000000326. The minimum atomic E-state index is -6.02. The predicted molar refractivity (Wildman–Crippen MR) is 88.7 cm³/mol. The minimum Gasteiger partial charge on any atom is -0.390 e. The zero-order valence-electron chi connectivity index (χ0n) is 14.4. The summed E-state index contributed by atoms with van der Waals surface area (Å²) in [5.41, 5.74) is -6.51. The molecule has 0 bridgehead atoms. The highest BCUT2D eigenvalue weighted by Crippen LogP contribution is 2.31. The molecule has 1 N–H and O–H groups in total. The fourth-order valence-electron chi connectivity index (χ4n) is 1.76. The number of aliphatic hydroxyl groups is 1. The highest BCUT2D eigenvalue weighted by Gasteiger charge is 2.49. The Morgan fingerprint density at radius 3 is 1.45 bits per heavy atom. The summed E-state index contributed by atoms with van der Waals surface area (Å²) in [5.74, 6) is -6.94. The lowest BCUT2D eigenvalue weighted by molar-refractivity contribution is -0.0746. The molecule has 0 amide bonds. The van der Waals surface area contributed by atoms with Gasteiger partial charge in [0.1, 0.15) is 13.2 Å². The normalized spacial score (nSPS) is 12.8. The van der Waals surface area contributed by atoms with Crippen LogP contribution in [0.4, 0.5) is 30.7 Å². The molecule has 2 aromatic carbocycles. The maximum Gasteiger partial charge on any atom is 0.523 e. The third-order valence-corrected chi connectivity index (χ3v) is 4.26. The number of rotatable bonds is 6. The van der Waals surface area contributed by atoms with E-state index >= 15 is 0 Å². The van der Waals surface area contributed by atoms with Gasteiger partial charge in [0.15, 0.2) is 0 Å². The van der Waals surface area contributed by atoms with Gasteiger partial charge in [-0.05, 0) is 0 Å². The third kappa shape index (κ3) is 7.29. The zero-order valence-corrected chi connectivity index (χ0v) is 15.2. The summed E-state index contributed by atoms with van der Waals surface area (Å²) >= 11 is 0. The Labute approximate surface area is 161 Å². The second-order valence-electron chi connectivity index (χ2n) is 5.46. The quantitative estimate of drug-likeness (QED) is 0.404. The monoisotopic (exact) mass is 448 g/mol. The first-order valence-electron chi connectivity index (χ1n) is 7.66. The van der Waals surface area contributed by atoms with Gasteiger partial charge in [-0.15, -0.1) is 0 Å². The Hall–Kier alpha value is -2.18. The van der Waals surface area contributed by atoms with Gasteiger partial charge in [0.05, 0.1) is 0 Å². The van der Waals surface area contributed by atoms with Crippen LogP contribution in [0.1, 0.15) is 11.1 Å². The topological polar surface area (TPSA) is 63.6 Å². The van der Waals surface area contributed by atoms with E-state index in [1.807, 2.05) is 0 Å². The fraction of sp³-hybridized carbons (Fsp3) is 0.294. The molecule has 0 aromatic heterocycles. The van der Waals surface area contributed by atoms with Crippen LogP contribution in [0.15, 0.2) is 60.7 Å². The van der Waals surface area contributed by atoms with Gasteiger partial charge < -0.3 is 5.11 Å². The predicted octanol–water partition coefficient (Wildman–Crippen LogP) is 4.42. The Kier molecular flexibility index (Phi) is 8.18. The first kappa shape index (κ1) is 24.9. The molecule has 0 heterocycles. The van der Waals surface area contributed by atoms with Crippen LogP contribution in [0.3, 0.4) is 0 Å². The summed E-state index contributed by atoms with van der Waals surface area (Å²) in [6, 6.07) is 13.0. The average Bonchev–Trinajstić information content (AvgIpc) is 2.68. The summed E-state index contributed by atoms with van der Waals surface area (Å²) in [5, 5.41) is 8.30. The SMILES string of the molecule is O=S(=O)(OCC(F)(F)c1ccccc1)C(F)(F)F.OCC(F)(F)c1ccccc1. The lowest BCUT2D eigenvalue weighted by Crippen LogP contribution is -2.30. The lowest BCUT2D eigenvalue weighted by Gasteiger charge is -2.17. The second kappa shape index (κ2) is 9.55. The van der Waals surface area contributed by atoms with E-state index in [-0.39, 0.29) is 5.56 Å². The molecule has 0 atom stereocenters. The largest absolute Gasteiger partial charge is 0.523 e. The van der Waals surface area contributed by atoms with Gasteiger partial charge in [-0.1, -0.05) is 60.7 Å². The van der Waals surface area contributed by atoms with E-state index in [2.05, 4.69) is 4.18 Å². The average molecular weight is 448 g/mol. The van der Waals surface area contributed by atoms with Gasteiger partial charge in [-0.2, -0.15) is 39.2 Å². The van der Waals surface area contributed by atoms with E-state index in [1.54, 1.807) is 6.07 Å². The van der Waals surface area contributed by atoms with Crippen molar-refractivity contribution >= 4 is 10.1 Å². The van der Waals surface area contributed by atoms with Crippen molar-refractivity contribution in [2.75, 3.05) is 13.2 Å². The number of hydrogen-bond acceptors (Lipinski definition) is 4. The molecular formula is C17H15F7O4S. The van der Waals surface area contributed by atoms with Crippen LogP contribution < -0.4 is 0 Å². The summed E-state index contributed by atoms with van der Waals surface area (Å²) in [7, 11) is -6.02. The lowest BCUT2D eigenvalue weighted by atomic mass is 10.1. The number of aliphatic hydroxyl groups excluding tert-OH is 1. The number of halogens is 7. The molecule has 0 aliphatic heterocycles. The van der Waals surface area contributed by atoms with Crippen molar-refractivity contribution in [3.63, 3.8) is 0 Å². The van der Waals surface area contributed by atoms with Crippen LogP contribution in [0.25, 0.3) is 0 Å². The first-order chi connectivity index (χ1) is 13.2. The maximum atomic E-state index is 13.3. The van der Waals surface area contributed by atoms with Gasteiger partial charge in [-0.25, -0.2) is 0 Å². The molecule has 0 aliphatic carbocycles. The molecule has 2 aromatic rings. The van der Waals surface area contributed by atoms with Crippen LogP contribution in [0, 0.1) is 0 Å². The van der Waals surface area contributed by atoms with Crippen molar-refractivity contribution in [1.29, 1.82) is 0 Å². The van der Waals surface area contributed by atoms with E-state index in [0.29, 0.717) is 0 Å². The zero-order chi connectivity index (χ0) is 22.3. The van der Waals surface area contributed by atoms with Crippen LogP contribution in [0.5, 0.6) is 0 Å². The molecule has 0 aliphatic rings. The molecule has 29 heavy (non-hydrogen) atoms.